The molecule has 2 aromatic rings. The molecule has 0 saturated carbocycles. The summed E-state index contributed by atoms with van der Waals surface area (Å²) >= 11 is 2.98. The van der Waals surface area contributed by atoms with Crippen molar-refractivity contribution in [2.24, 2.45) is 5.92 Å². The first-order chi connectivity index (χ1) is 14.4. The molecule has 7 nitrogen and oxygen atoms in total. The highest BCUT2D eigenvalue weighted by atomic mass is 32.1. The molecule has 2 aromatic heterocycles. The summed E-state index contributed by atoms with van der Waals surface area (Å²) in [6.07, 6.45) is 1.84. The Labute approximate surface area is 183 Å². The molecule has 4 rings (SSSR count). The van der Waals surface area contributed by atoms with Crippen LogP contribution in [0, 0.1) is 5.92 Å². The van der Waals surface area contributed by atoms with Crippen molar-refractivity contribution in [2.75, 3.05) is 13.2 Å². The number of carbonyl (C=O) groups excluding carboxylic acids is 3. The molecule has 2 amide bonds. The van der Waals surface area contributed by atoms with Crippen LogP contribution < -0.4 is 5.32 Å². The van der Waals surface area contributed by atoms with Crippen LogP contribution in [0.5, 0.6) is 0 Å². The number of hydrogen-bond donors (Lipinski definition) is 1. The summed E-state index contributed by atoms with van der Waals surface area (Å²) in [5, 5.41) is 7.35. The van der Waals surface area contributed by atoms with Crippen LogP contribution in [-0.4, -0.2) is 58.8 Å². The Morgan fingerprint density at radius 2 is 2.20 bits per heavy atom. The fraction of sp³-hybridized carbons (Fsp3) is 0.524. The second-order valence-corrected chi connectivity index (χ2v) is 9.91. The van der Waals surface area contributed by atoms with Gasteiger partial charge in [0.05, 0.1) is 11.0 Å². The van der Waals surface area contributed by atoms with Crippen LogP contribution in [0.1, 0.15) is 43.6 Å². The minimum absolute atomic E-state index is 0.0530. The molecule has 3 atom stereocenters. The van der Waals surface area contributed by atoms with E-state index in [1.165, 1.54) is 11.3 Å². The van der Waals surface area contributed by atoms with Crippen molar-refractivity contribution < 1.29 is 19.1 Å². The second kappa shape index (κ2) is 8.95. The molecule has 2 saturated heterocycles. The van der Waals surface area contributed by atoms with Gasteiger partial charge in [-0.3, -0.25) is 14.4 Å². The monoisotopic (exact) mass is 447 g/mol. The van der Waals surface area contributed by atoms with Crippen LogP contribution in [0.2, 0.25) is 0 Å². The Kier molecular flexibility index (Phi) is 6.31. The molecule has 9 heteroatoms. The minimum atomic E-state index is -0.698. The molecule has 2 aliphatic rings. The van der Waals surface area contributed by atoms with E-state index in [0.717, 1.165) is 22.7 Å². The van der Waals surface area contributed by atoms with Crippen LogP contribution in [0.3, 0.4) is 0 Å². The highest BCUT2D eigenvalue weighted by molar-refractivity contribution is 7.20. The van der Waals surface area contributed by atoms with E-state index in [9.17, 15) is 14.4 Å². The number of thiophene rings is 1. The lowest BCUT2D eigenvalue weighted by atomic mass is 9.95. The number of carbonyl (C=O) groups is 3. The van der Waals surface area contributed by atoms with Gasteiger partial charge in [0.1, 0.15) is 29.4 Å². The Morgan fingerprint density at radius 1 is 1.37 bits per heavy atom. The number of piperidine rings is 1. The third-order valence-electron chi connectivity index (χ3n) is 5.41. The lowest BCUT2D eigenvalue weighted by molar-refractivity contribution is -0.142. The predicted molar refractivity (Wildman–Crippen MR) is 116 cm³/mol. The number of fused-ring (bicyclic) bond motifs is 1. The van der Waals surface area contributed by atoms with E-state index in [4.69, 9.17) is 4.74 Å². The summed E-state index contributed by atoms with van der Waals surface area (Å²) < 4.78 is 5.56. The number of rotatable bonds is 6. The minimum Gasteiger partial charge on any atom is -0.368 e. The molecular weight excluding hydrogens is 422 g/mol. The van der Waals surface area contributed by atoms with Crippen LogP contribution in [0.4, 0.5) is 0 Å². The molecule has 4 heterocycles. The quantitative estimate of drug-likeness (QED) is 0.735. The van der Waals surface area contributed by atoms with Crippen molar-refractivity contribution >= 4 is 40.3 Å². The second-order valence-electron chi connectivity index (χ2n) is 8.11. The van der Waals surface area contributed by atoms with E-state index in [1.807, 2.05) is 31.4 Å². The van der Waals surface area contributed by atoms with Crippen molar-refractivity contribution in [3.63, 3.8) is 0 Å². The van der Waals surface area contributed by atoms with Crippen LogP contribution >= 0.6 is 22.7 Å². The molecule has 1 N–H and O–H groups in total. The Morgan fingerprint density at radius 3 is 2.93 bits per heavy atom. The molecule has 3 unspecified atom stereocenters. The zero-order valence-electron chi connectivity index (χ0n) is 17.0. The largest absolute Gasteiger partial charge is 0.368 e. The van der Waals surface area contributed by atoms with Crippen molar-refractivity contribution in [1.29, 1.82) is 0 Å². The molecule has 30 heavy (non-hydrogen) atoms. The van der Waals surface area contributed by atoms with Crippen molar-refractivity contribution in [1.82, 2.24) is 15.2 Å². The average molecular weight is 448 g/mol. The molecule has 2 fully saturated rings. The van der Waals surface area contributed by atoms with Crippen LogP contribution in [0.15, 0.2) is 22.9 Å². The molecule has 2 aliphatic heterocycles. The summed E-state index contributed by atoms with van der Waals surface area (Å²) in [5.74, 6) is -0.426. The number of hydrogen-bond acceptors (Lipinski definition) is 7. The SMILES string of the molecule is CC(C)CC(NC(=O)c1csc(-c2cccs2)n1)C(=O)N1CCCC2OCC(=O)C21. The van der Waals surface area contributed by atoms with E-state index in [0.29, 0.717) is 18.7 Å². The first-order valence-corrected chi connectivity index (χ1v) is 11.9. The van der Waals surface area contributed by atoms with Gasteiger partial charge >= 0.3 is 0 Å². The number of likely N-dealkylation sites (tertiary alicyclic amines) is 1. The third-order valence-corrected chi connectivity index (χ3v) is 7.29. The Balaban J connectivity index is 1.50. The van der Waals surface area contributed by atoms with Gasteiger partial charge in [-0.2, -0.15) is 0 Å². The molecule has 160 valence electrons. The highest BCUT2D eigenvalue weighted by Gasteiger charge is 2.45. The summed E-state index contributed by atoms with van der Waals surface area (Å²) in [7, 11) is 0. The number of thiazole rings is 1. The molecule has 0 aromatic carbocycles. The molecular formula is C21H25N3O4S2. The number of nitrogens with one attached hydrogen (secondary N) is 1. The topological polar surface area (TPSA) is 88.6 Å². The standard InChI is InChI=1S/C21H25N3O4S2/c1-12(2)9-13(21(27)24-7-3-5-16-18(24)15(25)10-28-16)22-19(26)14-11-30-20(23-14)17-6-4-8-29-17/h4,6,8,11-13,16,18H,3,5,7,9-10H2,1-2H3,(H,22,26). The number of nitrogens with zero attached hydrogens (tertiary/aromatic N) is 2. The zero-order chi connectivity index (χ0) is 21.3. The Hall–Kier alpha value is -2.10. The van der Waals surface area contributed by atoms with Gasteiger partial charge in [0.25, 0.3) is 5.91 Å². The fourth-order valence-corrected chi connectivity index (χ4v) is 5.67. The van der Waals surface area contributed by atoms with Gasteiger partial charge in [0.15, 0.2) is 5.78 Å². The van der Waals surface area contributed by atoms with Gasteiger partial charge in [-0.05, 0) is 36.6 Å². The van der Waals surface area contributed by atoms with E-state index in [1.54, 1.807) is 21.6 Å². The molecule has 0 radical (unpaired) electrons. The number of ether oxygens (including phenoxy) is 1. The molecule has 0 spiro atoms. The number of Topliss-reactive ketones (excluding diaryl/α,β-unsaturated/α-hetero) is 1. The summed E-state index contributed by atoms with van der Waals surface area (Å²) in [6.45, 7) is 4.59. The van der Waals surface area contributed by atoms with Gasteiger partial charge in [-0.15, -0.1) is 22.7 Å². The van der Waals surface area contributed by atoms with Gasteiger partial charge < -0.3 is 15.0 Å². The van der Waals surface area contributed by atoms with Gasteiger partial charge in [0, 0.05) is 11.9 Å². The maximum absolute atomic E-state index is 13.4. The van der Waals surface area contributed by atoms with E-state index in [-0.39, 0.29) is 36.2 Å². The fourth-order valence-electron chi connectivity index (χ4n) is 4.05. The normalized spacial score (nSPS) is 22.2. The predicted octanol–water partition coefficient (Wildman–Crippen LogP) is 2.98. The van der Waals surface area contributed by atoms with Gasteiger partial charge in [-0.1, -0.05) is 19.9 Å². The molecule has 0 bridgehead atoms. The first kappa shape index (κ1) is 21.1. The van der Waals surface area contributed by atoms with Crippen molar-refractivity contribution in [3.05, 3.63) is 28.6 Å². The highest BCUT2D eigenvalue weighted by Crippen LogP contribution is 2.29. The zero-order valence-corrected chi connectivity index (χ0v) is 18.6. The van der Waals surface area contributed by atoms with Crippen molar-refractivity contribution in [2.45, 2.75) is 51.3 Å². The van der Waals surface area contributed by atoms with Gasteiger partial charge in [-0.25, -0.2) is 4.98 Å². The lowest BCUT2D eigenvalue weighted by Crippen LogP contribution is -2.58. The Bertz CT molecular complexity index is 925. The summed E-state index contributed by atoms with van der Waals surface area (Å²) in [6, 6.07) is 2.68. The smallest absolute Gasteiger partial charge is 0.271 e. The van der Waals surface area contributed by atoms with Gasteiger partial charge in [0.2, 0.25) is 5.91 Å². The number of ketones is 1. The van der Waals surface area contributed by atoms with Crippen molar-refractivity contribution in [3.8, 4) is 9.88 Å². The van der Waals surface area contributed by atoms with E-state index in [2.05, 4.69) is 10.3 Å². The number of aromatic nitrogens is 1. The van der Waals surface area contributed by atoms with E-state index < -0.39 is 12.1 Å². The lowest BCUT2D eigenvalue weighted by Gasteiger charge is -2.37. The average Bonchev–Trinajstić information content (AvgIpc) is 3.47. The first-order valence-electron chi connectivity index (χ1n) is 10.2. The van der Waals surface area contributed by atoms with Crippen LogP contribution in [-0.2, 0) is 14.3 Å². The maximum Gasteiger partial charge on any atom is 0.271 e. The molecule has 0 aliphatic carbocycles. The third kappa shape index (κ3) is 4.33. The summed E-state index contributed by atoms with van der Waals surface area (Å²) in [4.78, 5) is 45.6. The maximum atomic E-state index is 13.4. The number of amides is 2. The summed E-state index contributed by atoms with van der Waals surface area (Å²) in [5.41, 5.74) is 0.307. The van der Waals surface area contributed by atoms with E-state index >= 15 is 0 Å². The van der Waals surface area contributed by atoms with Crippen LogP contribution in [0.25, 0.3) is 9.88 Å².